The molecular formula is C21H26N2O5. The van der Waals surface area contributed by atoms with Gasteiger partial charge in [-0.3, -0.25) is 20.4 Å². The van der Waals surface area contributed by atoms with Crippen molar-refractivity contribution in [2.75, 3.05) is 20.8 Å². The molecular weight excluding hydrogens is 360 g/mol. The van der Waals surface area contributed by atoms with Crippen molar-refractivity contribution in [3.05, 3.63) is 53.6 Å². The highest BCUT2D eigenvalue weighted by molar-refractivity contribution is 5.96. The van der Waals surface area contributed by atoms with Gasteiger partial charge in [0.25, 0.3) is 11.8 Å². The maximum atomic E-state index is 12.2. The summed E-state index contributed by atoms with van der Waals surface area (Å²) < 4.78 is 15.9. The van der Waals surface area contributed by atoms with Gasteiger partial charge in [0.15, 0.2) is 18.1 Å². The number of hydrogen-bond acceptors (Lipinski definition) is 5. The second-order valence-corrected chi connectivity index (χ2v) is 6.21. The maximum absolute atomic E-state index is 12.2. The van der Waals surface area contributed by atoms with E-state index in [0.29, 0.717) is 28.7 Å². The van der Waals surface area contributed by atoms with E-state index in [1.54, 1.807) is 12.1 Å². The molecule has 0 bridgehead atoms. The molecule has 0 spiro atoms. The van der Waals surface area contributed by atoms with Crippen LogP contribution in [0.1, 0.15) is 42.1 Å². The number of nitrogens with one attached hydrogen (secondary N) is 2. The third kappa shape index (κ3) is 5.39. The van der Waals surface area contributed by atoms with Gasteiger partial charge < -0.3 is 14.2 Å². The Labute approximate surface area is 165 Å². The molecule has 28 heavy (non-hydrogen) atoms. The minimum atomic E-state index is -0.477. The van der Waals surface area contributed by atoms with Crippen molar-refractivity contribution < 1.29 is 23.8 Å². The smallest absolute Gasteiger partial charge is 0.276 e. The van der Waals surface area contributed by atoms with E-state index in [9.17, 15) is 9.59 Å². The van der Waals surface area contributed by atoms with Crippen LogP contribution in [-0.2, 0) is 4.79 Å². The van der Waals surface area contributed by atoms with E-state index in [4.69, 9.17) is 14.2 Å². The number of hydrazine groups is 1. The number of amides is 2. The summed E-state index contributed by atoms with van der Waals surface area (Å²) in [6.07, 6.45) is 0.966. The Morgan fingerprint density at radius 2 is 1.68 bits per heavy atom. The number of para-hydroxylation sites is 1. The van der Waals surface area contributed by atoms with Crippen LogP contribution < -0.4 is 25.1 Å². The summed E-state index contributed by atoms with van der Waals surface area (Å²) in [7, 11) is 2.99. The molecule has 2 aromatic rings. The average Bonchev–Trinajstić information content (AvgIpc) is 2.74. The second-order valence-electron chi connectivity index (χ2n) is 6.21. The number of methoxy groups -OCH3 is 2. The van der Waals surface area contributed by atoms with Gasteiger partial charge in [-0.15, -0.1) is 0 Å². The average molecular weight is 386 g/mol. The van der Waals surface area contributed by atoms with Crippen molar-refractivity contribution in [3.8, 4) is 17.2 Å². The van der Waals surface area contributed by atoms with Gasteiger partial charge in [-0.2, -0.15) is 0 Å². The quantitative estimate of drug-likeness (QED) is 0.681. The fourth-order valence-corrected chi connectivity index (χ4v) is 2.59. The summed E-state index contributed by atoms with van der Waals surface area (Å²) >= 11 is 0. The third-order valence-electron chi connectivity index (χ3n) is 4.38. The van der Waals surface area contributed by atoms with Crippen LogP contribution in [0.3, 0.4) is 0 Å². The summed E-state index contributed by atoms with van der Waals surface area (Å²) in [5, 5.41) is 0. The van der Waals surface area contributed by atoms with Crippen LogP contribution in [0.15, 0.2) is 42.5 Å². The van der Waals surface area contributed by atoms with Crippen LogP contribution in [0, 0.1) is 0 Å². The molecule has 1 atom stereocenters. The Balaban J connectivity index is 1.90. The summed E-state index contributed by atoms with van der Waals surface area (Å²) in [5.41, 5.74) is 6.07. The van der Waals surface area contributed by atoms with E-state index in [2.05, 4.69) is 24.7 Å². The number of rotatable bonds is 8. The summed E-state index contributed by atoms with van der Waals surface area (Å²) in [5.74, 6) is 0.979. The van der Waals surface area contributed by atoms with Crippen LogP contribution in [-0.4, -0.2) is 32.6 Å². The predicted octanol–water partition coefficient (Wildman–Crippen LogP) is 3.06. The number of hydrogen-bond donors (Lipinski definition) is 2. The van der Waals surface area contributed by atoms with Crippen molar-refractivity contribution in [2.45, 2.75) is 26.2 Å². The van der Waals surface area contributed by atoms with Gasteiger partial charge in [0.2, 0.25) is 0 Å². The topological polar surface area (TPSA) is 85.9 Å². The fraction of sp³-hybridized carbons (Fsp3) is 0.333. The molecule has 2 aromatic carbocycles. The van der Waals surface area contributed by atoms with Crippen molar-refractivity contribution >= 4 is 11.8 Å². The lowest BCUT2D eigenvalue weighted by Gasteiger charge is -2.15. The fourth-order valence-electron chi connectivity index (χ4n) is 2.59. The van der Waals surface area contributed by atoms with Gasteiger partial charge in [-0.25, -0.2) is 0 Å². The summed E-state index contributed by atoms with van der Waals surface area (Å²) in [4.78, 5) is 24.2. The number of carbonyl (C=O) groups excluding carboxylic acids is 2. The van der Waals surface area contributed by atoms with Crippen LogP contribution in [0.4, 0.5) is 0 Å². The maximum Gasteiger partial charge on any atom is 0.276 e. The van der Waals surface area contributed by atoms with E-state index >= 15 is 0 Å². The lowest BCUT2D eigenvalue weighted by molar-refractivity contribution is -0.123. The normalized spacial score (nSPS) is 11.3. The molecule has 2 rings (SSSR count). The summed E-state index contributed by atoms with van der Waals surface area (Å²) in [6, 6.07) is 12.3. The zero-order valence-electron chi connectivity index (χ0n) is 16.6. The highest BCUT2D eigenvalue weighted by Crippen LogP contribution is 2.28. The molecule has 150 valence electrons. The predicted molar refractivity (Wildman–Crippen MR) is 106 cm³/mol. The zero-order valence-corrected chi connectivity index (χ0v) is 16.6. The Morgan fingerprint density at radius 3 is 2.36 bits per heavy atom. The monoisotopic (exact) mass is 386 g/mol. The Morgan fingerprint density at radius 1 is 0.964 bits per heavy atom. The van der Waals surface area contributed by atoms with E-state index in [1.807, 2.05) is 24.3 Å². The van der Waals surface area contributed by atoms with Gasteiger partial charge in [0.05, 0.1) is 14.2 Å². The van der Waals surface area contributed by atoms with E-state index in [-0.39, 0.29) is 6.61 Å². The molecule has 7 heteroatoms. The largest absolute Gasteiger partial charge is 0.493 e. The van der Waals surface area contributed by atoms with Gasteiger partial charge in [0, 0.05) is 5.56 Å². The van der Waals surface area contributed by atoms with E-state index in [0.717, 1.165) is 12.0 Å². The van der Waals surface area contributed by atoms with Crippen molar-refractivity contribution in [1.82, 2.24) is 10.9 Å². The minimum absolute atomic E-state index is 0.209. The first-order chi connectivity index (χ1) is 13.5. The summed E-state index contributed by atoms with van der Waals surface area (Å²) in [6.45, 7) is 3.99. The first kappa shape index (κ1) is 21.1. The molecule has 0 unspecified atom stereocenters. The van der Waals surface area contributed by atoms with Crippen LogP contribution in [0.25, 0.3) is 0 Å². The molecule has 0 heterocycles. The van der Waals surface area contributed by atoms with Gasteiger partial charge in [-0.05, 0) is 42.2 Å². The van der Waals surface area contributed by atoms with E-state index in [1.165, 1.54) is 20.3 Å². The molecule has 0 aliphatic carbocycles. The van der Waals surface area contributed by atoms with Crippen molar-refractivity contribution in [2.24, 2.45) is 0 Å². The highest BCUT2D eigenvalue weighted by atomic mass is 16.5. The standard InChI is InChI=1S/C21H26N2O5/c1-5-14(2)16-8-6-7-9-17(16)28-13-20(24)22-23-21(25)15-10-11-18(26-3)19(12-15)27-4/h6-12,14H,5,13H2,1-4H3,(H,22,24)(H,23,25)/t14-/m0/s1. The first-order valence-corrected chi connectivity index (χ1v) is 9.03. The first-order valence-electron chi connectivity index (χ1n) is 9.03. The number of benzene rings is 2. The van der Waals surface area contributed by atoms with Gasteiger partial charge in [0.1, 0.15) is 5.75 Å². The lowest BCUT2D eigenvalue weighted by Crippen LogP contribution is -2.43. The Bertz CT molecular complexity index is 822. The minimum Gasteiger partial charge on any atom is -0.493 e. The van der Waals surface area contributed by atoms with Crippen LogP contribution in [0.2, 0.25) is 0 Å². The van der Waals surface area contributed by atoms with Crippen LogP contribution >= 0.6 is 0 Å². The second kappa shape index (κ2) is 10.2. The van der Waals surface area contributed by atoms with Gasteiger partial charge in [-0.1, -0.05) is 32.0 Å². The highest BCUT2D eigenvalue weighted by Gasteiger charge is 2.13. The SMILES string of the molecule is CC[C@H](C)c1ccccc1OCC(=O)NNC(=O)c1ccc(OC)c(OC)c1. The molecule has 7 nitrogen and oxygen atoms in total. The lowest BCUT2D eigenvalue weighted by atomic mass is 9.98. The molecule has 0 aliphatic heterocycles. The molecule has 0 radical (unpaired) electrons. The Hall–Kier alpha value is -3.22. The van der Waals surface area contributed by atoms with Crippen molar-refractivity contribution in [3.63, 3.8) is 0 Å². The van der Waals surface area contributed by atoms with Crippen molar-refractivity contribution in [1.29, 1.82) is 0 Å². The third-order valence-corrected chi connectivity index (χ3v) is 4.38. The molecule has 0 aliphatic rings. The number of carbonyl (C=O) groups is 2. The number of ether oxygens (including phenoxy) is 3. The van der Waals surface area contributed by atoms with E-state index < -0.39 is 11.8 Å². The van der Waals surface area contributed by atoms with Crippen LogP contribution in [0.5, 0.6) is 17.2 Å². The molecule has 2 N–H and O–H groups in total. The zero-order chi connectivity index (χ0) is 20.5. The van der Waals surface area contributed by atoms with Gasteiger partial charge >= 0.3 is 0 Å². The molecule has 2 amide bonds. The molecule has 0 fully saturated rings. The molecule has 0 saturated carbocycles. The molecule has 0 saturated heterocycles. The molecule has 0 aromatic heterocycles. The Kier molecular flexibility index (Phi) is 7.68.